The van der Waals surface area contributed by atoms with E-state index in [4.69, 9.17) is 19.3 Å². The summed E-state index contributed by atoms with van der Waals surface area (Å²) in [6.07, 6.45) is 1.28. The van der Waals surface area contributed by atoms with Gasteiger partial charge in [-0.15, -0.1) is 11.8 Å². The smallest absolute Gasteiger partial charge is 0.309 e. The highest BCUT2D eigenvalue weighted by molar-refractivity contribution is 8.01. The average molecular weight is 646 g/mol. The van der Waals surface area contributed by atoms with Gasteiger partial charge in [-0.05, 0) is 12.8 Å². The Kier molecular flexibility index (Phi) is 18.5. The minimum absolute atomic E-state index is 0.00728. The molecule has 0 aromatic heterocycles. The van der Waals surface area contributed by atoms with E-state index in [-0.39, 0.29) is 106 Å². The number of methoxy groups -OCH3 is 1. The van der Waals surface area contributed by atoms with Gasteiger partial charge in [-0.25, -0.2) is 0 Å². The molecule has 250 valence electrons. The Hall–Kier alpha value is -3.04. The van der Waals surface area contributed by atoms with E-state index < -0.39 is 23.1 Å². The van der Waals surface area contributed by atoms with E-state index in [1.807, 2.05) is 20.8 Å². The highest BCUT2D eigenvalue weighted by Crippen LogP contribution is 2.34. The monoisotopic (exact) mass is 645 g/mol. The lowest BCUT2D eigenvalue weighted by molar-refractivity contribution is -0.148. The molecule has 1 rings (SSSR count). The molecule has 14 nitrogen and oxygen atoms in total. The van der Waals surface area contributed by atoms with Gasteiger partial charge in [0, 0.05) is 50.1 Å². The maximum atomic E-state index is 12.5. The Morgan fingerprint density at radius 3 is 2.27 bits per heavy atom. The van der Waals surface area contributed by atoms with Crippen LogP contribution in [0.5, 0.6) is 0 Å². The highest BCUT2D eigenvalue weighted by atomic mass is 32.2. The van der Waals surface area contributed by atoms with Crippen molar-refractivity contribution in [3.05, 3.63) is 0 Å². The number of nitrogens with zero attached hydrogens (tertiary/aromatic N) is 1. The molecule has 0 radical (unpaired) electrons. The van der Waals surface area contributed by atoms with E-state index in [0.29, 0.717) is 25.8 Å². The first-order valence-electron chi connectivity index (χ1n) is 14.8. The average Bonchev–Trinajstić information content (AvgIpc) is 3.20. The first-order valence-corrected chi connectivity index (χ1v) is 15.6. The Labute approximate surface area is 262 Å². The number of unbranched alkanes of at least 4 members (excludes halogenated alkanes) is 1. The van der Waals surface area contributed by atoms with Crippen molar-refractivity contribution < 1.29 is 52.9 Å². The number of amides is 4. The van der Waals surface area contributed by atoms with Gasteiger partial charge in [0.05, 0.1) is 44.5 Å². The van der Waals surface area contributed by atoms with Gasteiger partial charge in [0.1, 0.15) is 6.61 Å². The van der Waals surface area contributed by atoms with Gasteiger partial charge in [-0.3, -0.25) is 38.5 Å². The zero-order valence-electron chi connectivity index (χ0n) is 26.1. The molecule has 0 aliphatic carbocycles. The van der Waals surface area contributed by atoms with E-state index in [1.165, 1.54) is 18.9 Å². The van der Waals surface area contributed by atoms with Gasteiger partial charge in [-0.1, -0.05) is 27.2 Å². The van der Waals surface area contributed by atoms with Crippen LogP contribution in [0.25, 0.3) is 0 Å². The molecule has 4 amide bonds. The van der Waals surface area contributed by atoms with Crippen molar-refractivity contribution in [2.45, 2.75) is 82.1 Å². The van der Waals surface area contributed by atoms with Crippen molar-refractivity contribution in [3.63, 3.8) is 0 Å². The molecule has 1 heterocycles. The van der Waals surface area contributed by atoms with Crippen LogP contribution in [-0.2, 0) is 47.8 Å². The van der Waals surface area contributed by atoms with Crippen LogP contribution in [0.15, 0.2) is 0 Å². The fourth-order valence-corrected chi connectivity index (χ4v) is 5.54. The molecule has 44 heavy (non-hydrogen) atoms. The van der Waals surface area contributed by atoms with Crippen molar-refractivity contribution in [2.75, 3.05) is 53.2 Å². The highest BCUT2D eigenvalue weighted by Gasteiger charge is 2.40. The fraction of sp³-hybridized carbons (Fsp3) is 0.759. The molecule has 3 N–H and O–H groups in total. The van der Waals surface area contributed by atoms with Crippen molar-refractivity contribution in [1.82, 2.24) is 15.5 Å². The van der Waals surface area contributed by atoms with Crippen LogP contribution in [0.3, 0.4) is 0 Å². The van der Waals surface area contributed by atoms with Crippen LogP contribution >= 0.6 is 11.8 Å². The van der Waals surface area contributed by atoms with Crippen molar-refractivity contribution in [3.8, 4) is 0 Å². The Balaban J connectivity index is 2.15. The number of esters is 1. The van der Waals surface area contributed by atoms with E-state index in [0.717, 1.165) is 4.90 Å². The topological polar surface area (TPSA) is 195 Å². The number of rotatable bonds is 23. The number of Topliss-reactive ketones (excluding diaryl/α,β-unsaturated/α-hetero) is 1. The summed E-state index contributed by atoms with van der Waals surface area (Å²) in [7, 11) is 1.25. The molecule has 2 unspecified atom stereocenters. The second-order valence-electron chi connectivity index (χ2n) is 11.3. The number of thioether (sulfide) groups is 1. The second kappa shape index (κ2) is 20.8. The summed E-state index contributed by atoms with van der Waals surface area (Å²) in [5.74, 6) is -3.62. The number of carbonyl (C=O) groups excluding carboxylic acids is 6. The summed E-state index contributed by atoms with van der Waals surface area (Å²) in [5, 5.41) is 13.5. The summed E-state index contributed by atoms with van der Waals surface area (Å²) in [4.78, 5) is 84.3. The fourth-order valence-electron chi connectivity index (χ4n) is 4.23. The third-order valence-corrected chi connectivity index (χ3v) is 7.70. The van der Waals surface area contributed by atoms with E-state index >= 15 is 0 Å². The zero-order chi connectivity index (χ0) is 33.1. The molecular formula is C29H47N3O11S. The summed E-state index contributed by atoms with van der Waals surface area (Å²) >= 11 is 1.45. The molecule has 1 aliphatic rings. The van der Waals surface area contributed by atoms with Crippen molar-refractivity contribution in [2.24, 2.45) is 5.92 Å². The van der Waals surface area contributed by atoms with Crippen LogP contribution in [0.4, 0.5) is 0 Å². The quantitative estimate of drug-likeness (QED) is 0.0814. The minimum atomic E-state index is -1.04. The summed E-state index contributed by atoms with van der Waals surface area (Å²) in [5.41, 5.74) is 0. The number of hydrogen-bond acceptors (Lipinski definition) is 11. The predicted octanol–water partition coefficient (Wildman–Crippen LogP) is 1.08. The molecule has 0 bridgehead atoms. The summed E-state index contributed by atoms with van der Waals surface area (Å²) in [6, 6.07) is 0. The van der Waals surface area contributed by atoms with Crippen molar-refractivity contribution >= 4 is 53.1 Å². The number of hydrogen-bond donors (Lipinski definition) is 3. The van der Waals surface area contributed by atoms with Crippen molar-refractivity contribution in [1.29, 1.82) is 0 Å². The predicted molar refractivity (Wildman–Crippen MR) is 161 cm³/mol. The lowest BCUT2D eigenvalue weighted by Gasteiger charge is -2.21. The molecule has 1 fully saturated rings. The maximum absolute atomic E-state index is 12.5. The molecular weight excluding hydrogens is 598 g/mol. The van der Waals surface area contributed by atoms with Gasteiger partial charge in [-0.2, -0.15) is 0 Å². The summed E-state index contributed by atoms with van der Waals surface area (Å²) in [6.45, 7) is 6.89. The lowest BCUT2D eigenvalue weighted by atomic mass is 9.96. The van der Waals surface area contributed by atoms with Gasteiger partial charge in [0.15, 0.2) is 5.78 Å². The molecule has 1 saturated heterocycles. The molecule has 0 aromatic rings. The Bertz CT molecular complexity index is 1000. The van der Waals surface area contributed by atoms with Crippen LogP contribution in [-0.4, -0.2) is 115 Å². The van der Waals surface area contributed by atoms with E-state index in [2.05, 4.69) is 10.6 Å². The number of aliphatic carboxylic acids is 1. The number of ether oxygens (including phenoxy) is 3. The SMILES string of the molecule is COC(=O)C(CCCCNC(=O)CCC(=O)O)CC(=O)COCCOCCNC(=O)CCN1C(=O)CC(SC(C)(C)C)C1=O. The molecule has 0 saturated carbocycles. The lowest BCUT2D eigenvalue weighted by Crippen LogP contribution is -2.36. The molecule has 15 heteroatoms. The summed E-state index contributed by atoms with van der Waals surface area (Å²) < 4.78 is 15.4. The number of likely N-dealkylation sites (tertiary alicyclic amines) is 1. The number of imide groups is 1. The van der Waals surface area contributed by atoms with E-state index in [1.54, 1.807) is 0 Å². The van der Waals surface area contributed by atoms with Crippen LogP contribution in [0.2, 0.25) is 0 Å². The van der Waals surface area contributed by atoms with Crippen LogP contribution in [0, 0.1) is 5.92 Å². The Morgan fingerprint density at radius 2 is 1.61 bits per heavy atom. The Morgan fingerprint density at radius 1 is 0.955 bits per heavy atom. The normalized spacial score (nSPS) is 15.6. The molecule has 1 aliphatic heterocycles. The standard InChI is InChI=1S/C29H47N3O11S/c1-29(2,3)44-22-18-25(36)32(27(22)39)13-10-24(35)31-12-14-42-15-16-43-19-21(33)17-20(28(40)41-4)7-5-6-11-30-23(34)8-9-26(37)38/h20,22H,5-19H2,1-4H3,(H,30,34)(H,31,35)(H,37,38). The first kappa shape index (κ1) is 39.0. The van der Waals surface area contributed by atoms with Gasteiger partial charge >= 0.3 is 11.9 Å². The van der Waals surface area contributed by atoms with Gasteiger partial charge < -0.3 is 30.0 Å². The molecule has 0 spiro atoms. The number of ketones is 1. The van der Waals surface area contributed by atoms with E-state index in [9.17, 15) is 33.6 Å². The largest absolute Gasteiger partial charge is 0.481 e. The van der Waals surface area contributed by atoms with Crippen LogP contribution < -0.4 is 10.6 Å². The minimum Gasteiger partial charge on any atom is -0.481 e. The third kappa shape index (κ3) is 17.3. The number of carbonyl (C=O) groups is 7. The third-order valence-electron chi connectivity index (χ3n) is 6.34. The maximum Gasteiger partial charge on any atom is 0.309 e. The van der Waals surface area contributed by atoms with Crippen LogP contribution in [0.1, 0.15) is 72.1 Å². The van der Waals surface area contributed by atoms with Gasteiger partial charge in [0.25, 0.3) is 0 Å². The number of carboxylic acids is 1. The first-order chi connectivity index (χ1) is 20.7. The number of carboxylic acid groups (broad SMARTS) is 1. The second-order valence-corrected chi connectivity index (χ2v) is 13.3. The molecule has 0 aromatic carbocycles. The van der Waals surface area contributed by atoms with Gasteiger partial charge in [0.2, 0.25) is 23.6 Å². The zero-order valence-corrected chi connectivity index (χ0v) is 27.0. The number of nitrogens with one attached hydrogen (secondary N) is 2. The molecule has 2 atom stereocenters.